The second-order valence-electron chi connectivity index (χ2n) is 4.29. The molecule has 0 radical (unpaired) electrons. The summed E-state index contributed by atoms with van der Waals surface area (Å²) in [6, 6.07) is 5.53. The van der Waals surface area contributed by atoms with Crippen LogP contribution in [0, 0.1) is 0 Å². The maximum Gasteiger partial charge on any atom is 0.217 e. The summed E-state index contributed by atoms with van der Waals surface area (Å²) >= 11 is 0. The highest BCUT2D eigenvalue weighted by Crippen LogP contribution is 2.21. The highest BCUT2D eigenvalue weighted by Gasteiger charge is 2.15. The van der Waals surface area contributed by atoms with Crippen LogP contribution in [-0.2, 0) is 0 Å². The average molecular weight is 245 g/mol. The summed E-state index contributed by atoms with van der Waals surface area (Å²) in [5.74, 6) is 1.34. The minimum atomic E-state index is 0.241. The molecule has 0 bridgehead atoms. The number of ether oxygens (including phenoxy) is 1. The quantitative estimate of drug-likeness (QED) is 0.894. The molecule has 1 aliphatic rings. The van der Waals surface area contributed by atoms with Gasteiger partial charge in [-0.3, -0.25) is 0 Å². The number of rotatable bonds is 3. The lowest BCUT2D eigenvalue weighted by atomic mass is 10.1. The summed E-state index contributed by atoms with van der Waals surface area (Å²) in [7, 11) is 0. The predicted octanol–water partition coefficient (Wildman–Crippen LogP) is 1.87. The van der Waals surface area contributed by atoms with Gasteiger partial charge in [0, 0.05) is 6.07 Å². The molecule has 3 heterocycles. The summed E-state index contributed by atoms with van der Waals surface area (Å²) in [6.45, 7) is 2.00. The molecule has 94 valence electrons. The van der Waals surface area contributed by atoms with E-state index < -0.39 is 0 Å². The molecule has 0 unspecified atom stereocenters. The van der Waals surface area contributed by atoms with Gasteiger partial charge in [-0.05, 0) is 38.1 Å². The van der Waals surface area contributed by atoms with Crippen molar-refractivity contribution in [2.24, 2.45) is 0 Å². The van der Waals surface area contributed by atoms with Gasteiger partial charge >= 0.3 is 0 Å². The molecule has 18 heavy (non-hydrogen) atoms. The Hall–Kier alpha value is -1.88. The SMILES string of the molecule is c1coc(-c2cc(OC3CCNCC3)ncn2)c1. The van der Waals surface area contributed by atoms with E-state index in [-0.39, 0.29) is 6.10 Å². The molecule has 0 spiro atoms. The maximum atomic E-state index is 5.86. The number of nitrogens with zero attached hydrogens (tertiary/aromatic N) is 2. The molecule has 0 aromatic carbocycles. The van der Waals surface area contributed by atoms with E-state index in [0.717, 1.165) is 37.4 Å². The first kappa shape index (κ1) is 11.2. The van der Waals surface area contributed by atoms with Crippen LogP contribution < -0.4 is 10.1 Å². The molecule has 5 nitrogen and oxygen atoms in total. The van der Waals surface area contributed by atoms with E-state index >= 15 is 0 Å². The van der Waals surface area contributed by atoms with Crippen molar-refractivity contribution >= 4 is 0 Å². The predicted molar refractivity (Wildman–Crippen MR) is 66.3 cm³/mol. The second-order valence-corrected chi connectivity index (χ2v) is 4.29. The molecule has 1 saturated heterocycles. The largest absolute Gasteiger partial charge is 0.474 e. The van der Waals surface area contributed by atoms with Crippen LogP contribution in [0.1, 0.15) is 12.8 Å². The van der Waals surface area contributed by atoms with Crippen molar-refractivity contribution in [3.8, 4) is 17.3 Å². The van der Waals surface area contributed by atoms with E-state index in [0.29, 0.717) is 5.88 Å². The Morgan fingerprint density at radius 3 is 2.94 bits per heavy atom. The minimum absolute atomic E-state index is 0.241. The number of hydrogen-bond acceptors (Lipinski definition) is 5. The normalized spacial score (nSPS) is 16.7. The van der Waals surface area contributed by atoms with Crippen LogP contribution in [0.4, 0.5) is 0 Å². The lowest BCUT2D eigenvalue weighted by Crippen LogP contribution is -2.34. The van der Waals surface area contributed by atoms with Crippen molar-refractivity contribution in [2.75, 3.05) is 13.1 Å². The fraction of sp³-hybridized carbons (Fsp3) is 0.385. The van der Waals surface area contributed by atoms with Gasteiger partial charge in [0.15, 0.2) is 5.76 Å². The number of furan rings is 1. The first-order valence-corrected chi connectivity index (χ1v) is 6.15. The van der Waals surface area contributed by atoms with E-state index in [2.05, 4.69) is 15.3 Å². The summed E-state index contributed by atoms with van der Waals surface area (Å²) < 4.78 is 11.2. The van der Waals surface area contributed by atoms with Gasteiger partial charge in [0.25, 0.3) is 0 Å². The Morgan fingerprint density at radius 1 is 1.28 bits per heavy atom. The van der Waals surface area contributed by atoms with Gasteiger partial charge in [0.1, 0.15) is 18.1 Å². The van der Waals surface area contributed by atoms with Crippen molar-refractivity contribution in [3.63, 3.8) is 0 Å². The first-order chi connectivity index (χ1) is 8.92. The Balaban J connectivity index is 1.74. The summed E-state index contributed by atoms with van der Waals surface area (Å²) in [4.78, 5) is 8.33. The molecule has 1 aliphatic heterocycles. The van der Waals surface area contributed by atoms with E-state index in [9.17, 15) is 0 Å². The van der Waals surface area contributed by atoms with Gasteiger partial charge in [-0.1, -0.05) is 0 Å². The number of piperidine rings is 1. The second kappa shape index (κ2) is 5.18. The van der Waals surface area contributed by atoms with E-state index in [1.165, 1.54) is 6.33 Å². The number of nitrogens with one attached hydrogen (secondary N) is 1. The molecule has 0 aliphatic carbocycles. The van der Waals surface area contributed by atoms with Crippen LogP contribution in [0.5, 0.6) is 5.88 Å². The topological polar surface area (TPSA) is 60.2 Å². The fourth-order valence-corrected chi connectivity index (χ4v) is 2.05. The molecule has 5 heteroatoms. The van der Waals surface area contributed by atoms with Gasteiger partial charge < -0.3 is 14.5 Å². The highest BCUT2D eigenvalue weighted by molar-refractivity contribution is 5.52. The van der Waals surface area contributed by atoms with Crippen molar-refractivity contribution < 1.29 is 9.15 Å². The Bertz CT molecular complexity index is 493. The summed E-state index contributed by atoms with van der Waals surface area (Å²) in [6.07, 6.45) is 5.41. The smallest absolute Gasteiger partial charge is 0.217 e. The average Bonchev–Trinajstić information content (AvgIpc) is 2.94. The van der Waals surface area contributed by atoms with Gasteiger partial charge in [0.05, 0.1) is 6.26 Å². The molecular weight excluding hydrogens is 230 g/mol. The fourth-order valence-electron chi connectivity index (χ4n) is 2.05. The lowest BCUT2D eigenvalue weighted by molar-refractivity contribution is 0.156. The molecule has 0 amide bonds. The van der Waals surface area contributed by atoms with Crippen LogP contribution in [0.3, 0.4) is 0 Å². The molecule has 1 N–H and O–H groups in total. The third-order valence-corrected chi connectivity index (χ3v) is 2.99. The molecule has 2 aromatic heterocycles. The van der Waals surface area contributed by atoms with Crippen LogP contribution in [0.15, 0.2) is 35.2 Å². The third-order valence-electron chi connectivity index (χ3n) is 2.99. The molecule has 3 rings (SSSR count). The molecular formula is C13H15N3O2. The minimum Gasteiger partial charge on any atom is -0.474 e. The van der Waals surface area contributed by atoms with Gasteiger partial charge in [-0.2, -0.15) is 0 Å². The van der Waals surface area contributed by atoms with Crippen molar-refractivity contribution in [2.45, 2.75) is 18.9 Å². The van der Waals surface area contributed by atoms with Crippen LogP contribution in [0.25, 0.3) is 11.5 Å². The van der Waals surface area contributed by atoms with E-state index in [1.807, 2.05) is 18.2 Å². The molecule has 0 atom stereocenters. The number of hydrogen-bond donors (Lipinski definition) is 1. The monoisotopic (exact) mass is 245 g/mol. The molecule has 0 saturated carbocycles. The molecule has 1 fully saturated rings. The third kappa shape index (κ3) is 2.51. The van der Waals surface area contributed by atoms with E-state index in [4.69, 9.17) is 9.15 Å². The van der Waals surface area contributed by atoms with Gasteiger partial charge in [0.2, 0.25) is 5.88 Å². The first-order valence-electron chi connectivity index (χ1n) is 6.15. The summed E-state index contributed by atoms with van der Waals surface area (Å²) in [5.41, 5.74) is 0.749. The summed E-state index contributed by atoms with van der Waals surface area (Å²) in [5, 5.41) is 3.31. The Kier molecular flexibility index (Phi) is 3.23. The molecule has 2 aromatic rings. The van der Waals surface area contributed by atoms with Crippen LogP contribution in [-0.4, -0.2) is 29.2 Å². The zero-order valence-electron chi connectivity index (χ0n) is 10.0. The van der Waals surface area contributed by atoms with Crippen molar-refractivity contribution in [1.29, 1.82) is 0 Å². The zero-order chi connectivity index (χ0) is 12.2. The zero-order valence-corrected chi connectivity index (χ0v) is 10.0. The van der Waals surface area contributed by atoms with Gasteiger partial charge in [-0.25, -0.2) is 9.97 Å². The van der Waals surface area contributed by atoms with Crippen molar-refractivity contribution in [3.05, 3.63) is 30.8 Å². The van der Waals surface area contributed by atoms with Crippen molar-refractivity contribution in [1.82, 2.24) is 15.3 Å². The lowest BCUT2D eigenvalue weighted by Gasteiger charge is -2.23. The highest BCUT2D eigenvalue weighted by atomic mass is 16.5. The maximum absolute atomic E-state index is 5.86. The van der Waals surface area contributed by atoms with Crippen LogP contribution in [0.2, 0.25) is 0 Å². The standard InChI is InChI=1S/C13H15N3O2/c1-2-12(17-7-1)11-8-13(16-9-15-11)18-10-3-5-14-6-4-10/h1-2,7-10,14H,3-6H2. The Labute approximate surface area is 105 Å². The van der Waals surface area contributed by atoms with Gasteiger partial charge in [-0.15, -0.1) is 0 Å². The number of aromatic nitrogens is 2. The Morgan fingerprint density at radius 2 is 2.17 bits per heavy atom. The van der Waals surface area contributed by atoms with Crippen LogP contribution >= 0.6 is 0 Å². The van der Waals surface area contributed by atoms with E-state index in [1.54, 1.807) is 6.26 Å².